The number of hydrogen-bond donors (Lipinski definition) is 2. The molecule has 168 valence electrons. The summed E-state index contributed by atoms with van der Waals surface area (Å²) >= 11 is 0. The Bertz CT molecular complexity index is 1200. The van der Waals surface area contributed by atoms with Crippen LogP contribution in [0.1, 0.15) is 55.3 Å². The average Bonchev–Trinajstić information content (AvgIpc) is 3.01. The number of rotatable bonds is 5. The maximum atomic E-state index is 13.7. The molecule has 0 spiro atoms. The largest absolute Gasteiger partial charge is 0.494 e. The van der Waals surface area contributed by atoms with E-state index in [1.54, 1.807) is 0 Å². The van der Waals surface area contributed by atoms with Crippen LogP contribution in [0, 0.1) is 0 Å². The molecule has 3 aromatic carbocycles. The number of carbonyl (C=O) groups excluding carboxylic acids is 1. The maximum absolute atomic E-state index is 13.7. The zero-order valence-electron chi connectivity index (χ0n) is 19.2. The van der Waals surface area contributed by atoms with E-state index in [1.807, 2.05) is 37.3 Å². The van der Waals surface area contributed by atoms with Crippen molar-refractivity contribution in [1.82, 2.24) is 0 Å². The first-order chi connectivity index (χ1) is 16.2. The number of para-hydroxylation sites is 2. The molecule has 1 aliphatic carbocycles. The summed E-state index contributed by atoms with van der Waals surface area (Å²) in [6.07, 6.45) is 2.35. The van der Waals surface area contributed by atoms with Crippen molar-refractivity contribution in [2.45, 2.75) is 45.1 Å². The smallest absolute Gasteiger partial charge is 0.163 e. The Morgan fingerprint density at radius 2 is 1.67 bits per heavy atom. The predicted octanol–water partition coefficient (Wildman–Crippen LogP) is 6.63. The predicted molar refractivity (Wildman–Crippen MR) is 134 cm³/mol. The second-order valence-corrected chi connectivity index (χ2v) is 8.77. The number of anilines is 2. The molecule has 0 amide bonds. The first-order valence-electron chi connectivity index (χ1n) is 11.9. The number of hydrogen-bond acceptors (Lipinski definition) is 4. The van der Waals surface area contributed by atoms with E-state index in [4.69, 9.17) is 4.74 Å². The summed E-state index contributed by atoms with van der Waals surface area (Å²) in [5.74, 6) is 1.19. The Hall–Kier alpha value is -3.53. The number of ether oxygens (including phenoxy) is 1. The lowest BCUT2D eigenvalue weighted by Gasteiger charge is -2.30. The minimum Gasteiger partial charge on any atom is -0.494 e. The van der Waals surface area contributed by atoms with Gasteiger partial charge >= 0.3 is 0 Å². The lowest BCUT2D eigenvalue weighted by Crippen LogP contribution is -2.26. The van der Waals surface area contributed by atoms with E-state index in [0.29, 0.717) is 13.0 Å². The molecule has 2 aliphatic rings. The third-order valence-corrected chi connectivity index (χ3v) is 6.67. The van der Waals surface area contributed by atoms with Crippen LogP contribution >= 0.6 is 0 Å². The highest BCUT2D eigenvalue weighted by Gasteiger charge is 2.36. The van der Waals surface area contributed by atoms with Crippen molar-refractivity contribution in [2.24, 2.45) is 0 Å². The first kappa shape index (κ1) is 21.3. The number of benzene rings is 3. The highest BCUT2D eigenvalue weighted by molar-refractivity contribution is 6.01. The minimum absolute atomic E-state index is 0.176. The summed E-state index contributed by atoms with van der Waals surface area (Å²) in [7, 11) is 0. The third-order valence-electron chi connectivity index (χ3n) is 6.67. The molecular formula is C29H30N2O2. The Kier molecular flexibility index (Phi) is 5.91. The Morgan fingerprint density at radius 1 is 0.879 bits per heavy atom. The topological polar surface area (TPSA) is 50.4 Å². The highest BCUT2D eigenvalue weighted by atomic mass is 16.5. The lowest BCUT2D eigenvalue weighted by atomic mass is 9.78. The van der Waals surface area contributed by atoms with Crippen LogP contribution in [0.4, 0.5) is 11.4 Å². The van der Waals surface area contributed by atoms with Crippen LogP contribution < -0.4 is 15.4 Å². The van der Waals surface area contributed by atoms with Crippen LogP contribution in [0.2, 0.25) is 0 Å². The zero-order chi connectivity index (χ0) is 22.8. The number of aryl methyl sites for hydroxylation is 1. The van der Waals surface area contributed by atoms with Crippen LogP contribution in [0.3, 0.4) is 0 Å². The molecule has 1 heterocycles. The van der Waals surface area contributed by atoms with Gasteiger partial charge in [-0.3, -0.25) is 4.79 Å². The van der Waals surface area contributed by atoms with Crippen LogP contribution in [0.5, 0.6) is 5.75 Å². The van der Waals surface area contributed by atoms with Gasteiger partial charge < -0.3 is 15.4 Å². The van der Waals surface area contributed by atoms with Gasteiger partial charge in [-0.1, -0.05) is 55.5 Å². The molecule has 0 aromatic heterocycles. The van der Waals surface area contributed by atoms with E-state index in [1.165, 1.54) is 11.1 Å². The molecule has 2 N–H and O–H groups in total. The van der Waals surface area contributed by atoms with Gasteiger partial charge in [-0.15, -0.1) is 0 Å². The zero-order valence-corrected chi connectivity index (χ0v) is 19.2. The number of ketones is 1. The summed E-state index contributed by atoms with van der Waals surface area (Å²) in [4.78, 5) is 13.7. The van der Waals surface area contributed by atoms with Gasteiger partial charge in [0.2, 0.25) is 0 Å². The quantitative estimate of drug-likeness (QED) is 0.470. The van der Waals surface area contributed by atoms with Gasteiger partial charge in [0, 0.05) is 17.7 Å². The molecule has 0 bridgehead atoms. The van der Waals surface area contributed by atoms with Gasteiger partial charge in [-0.05, 0) is 66.6 Å². The summed E-state index contributed by atoms with van der Waals surface area (Å²) in [6, 6.07) is 24.8. The summed E-state index contributed by atoms with van der Waals surface area (Å²) in [5, 5.41) is 7.27. The number of fused-ring (bicyclic) bond motifs is 1. The molecule has 4 nitrogen and oxygen atoms in total. The fraction of sp³-hybridized carbons (Fsp3) is 0.276. The van der Waals surface area contributed by atoms with E-state index >= 15 is 0 Å². The van der Waals surface area contributed by atoms with Crippen molar-refractivity contribution in [2.75, 3.05) is 17.2 Å². The van der Waals surface area contributed by atoms with Crippen molar-refractivity contribution in [3.63, 3.8) is 0 Å². The number of carbonyl (C=O) groups is 1. The highest BCUT2D eigenvalue weighted by Crippen LogP contribution is 2.44. The SMILES string of the molecule is CCOc1cccc(C2Nc3ccccc3NC3=C2C(=O)CC(c2ccc(CC)cc2)C3)c1. The van der Waals surface area contributed by atoms with Crippen molar-refractivity contribution >= 4 is 17.2 Å². The van der Waals surface area contributed by atoms with E-state index in [0.717, 1.165) is 46.8 Å². The summed E-state index contributed by atoms with van der Waals surface area (Å²) in [5.41, 5.74) is 7.43. The molecule has 2 atom stereocenters. The summed E-state index contributed by atoms with van der Waals surface area (Å²) in [6.45, 7) is 4.75. The van der Waals surface area contributed by atoms with Gasteiger partial charge in [0.1, 0.15) is 5.75 Å². The fourth-order valence-electron chi connectivity index (χ4n) is 4.95. The lowest BCUT2D eigenvalue weighted by molar-refractivity contribution is -0.116. The molecule has 0 fully saturated rings. The molecular weight excluding hydrogens is 408 g/mol. The fourth-order valence-corrected chi connectivity index (χ4v) is 4.95. The Balaban J connectivity index is 1.57. The van der Waals surface area contributed by atoms with Crippen LogP contribution in [-0.2, 0) is 11.2 Å². The van der Waals surface area contributed by atoms with Crippen molar-refractivity contribution in [3.05, 3.63) is 101 Å². The van der Waals surface area contributed by atoms with Gasteiger partial charge in [0.05, 0.1) is 24.0 Å². The van der Waals surface area contributed by atoms with Crippen molar-refractivity contribution in [1.29, 1.82) is 0 Å². The molecule has 4 heteroatoms. The average molecular weight is 439 g/mol. The molecule has 33 heavy (non-hydrogen) atoms. The van der Waals surface area contributed by atoms with Gasteiger partial charge in [0.25, 0.3) is 0 Å². The number of Topliss-reactive ketones (excluding diaryl/α,β-unsaturated/α-hetero) is 1. The first-order valence-corrected chi connectivity index (χ1v) is 11.9. The second kappa shape index (κ2) is 9.14. The normalized spacial score (nSPS) is 19.6. The van der Waals surface area contributed by atoms with Crippen molar-refractivity contribution in [3.8, 4) is 5.75 Å². The monoisotopic (exact) mass is 438 g/mol. The maximum Gasteiger partial charge on any atom is 0.163 e. The van der Waals surface area contributed by atoms with E-state index in [9.17, 15) is 4.79 Å². The van der Waals surface area contributed by atoms with Crippen LogP contribution in [0.15, 0.2) is 84.1 Å². The van der Waals surface area contributed by atoms with Crippen LogP contribution in [-0.4, -0.2) is 12.4 Å². The molecule has 3 aromatic rings. The molecule has 0 saturated heterocycles. The molecule has 0 radical (unpaired) electrons. The van der Waals surface area contributed by atoms with Gasteiger partial charge in [-0.2, -0.15) is 0 Å². The molecule has 5 rings (SSSR count). The van der Waals surface area contributed by atoms with Crippen molar-refractivity contribution < 1.29 is 9.53 Å². The Labute approximate surface area is 195 Å². The molecule has 0 saturated carbocycles. The molecule has 1 aliphatic heterocycles. The third kappa shape index (κ3) is 4.25. The van der Waals surface area contributed by atoms with Gasteiger partial charge in [0.15, 0.2) is 5.78 Å². The van der Waals surface area contributed by atoms with Crippen LogP contribution in [0.25, 0.3) is 0 Å². The standard InChI is InChI=1S/C29H30N2O2/c1-3-19-12-14-20(15-13-19)22-17-26-28(27(32)18-22)29(21-8-7-9-23(16-21)33-4-2)31-25-11-6-5-10-24(25)30-26/h5-16,22,29-31H,3-4,17-18H2,1-2H3. The number of nitrogens with one attached hydrogen (secondary N) is 2. The second-order valence-electron chi connectivity index (χ2n) is 8.77. The minimum atomic E-state index is -0.229. The number of allylic oxidation sites excluding steroid dienone is 1. The van der Waals surface area contributed by atoms with E-state index in [-0.39, 0.29) is 17.7 Å². The van der Waals surface area contributed by atoms with E-state index < -0.39 is 0 Å². The summed E-state index contributed by atoms with van der Waals surface area (Å²) < 4.78 is 5.75. The Morgan fingerprint density at radius 3 is 2.42 bits per heavy atom. The van der Waals surface area contributed by atoms with E-state index in [2.05, 4.69) is 60.0 Å². The molecule has 2 unspecified atom stereocenters. The van der Waals surface area contributed by atoms with Gasteiger partial charge in [-0.25, -0.2) is 0 Å².